The minimum Gasteiger partial charge on any atom is -0.368 e. The number of carbonyl (C=O) groups is 2. The molecule has 1 aromatic rings. The molecule has 2 fully saturated rings. The smallest absolute Gasteiger partial charge is 0.259 e. The van der Waals surface area contributed by atoms with E-state index in [1.54, 1.807) is 12.0 Å². The van der Waals surface area contributed by atoms with Gasteiger partial charge < -0.3 is 19.9 Å². The standard InChI is InChI=1S/C18H23F2N3O3/c1-26-18(5-7-21-8-6-18)17(25)23-11-9-22(10-12-23)16(24)15-13(19)3-2-4-14(15)20/h2-4,21H,5-12H2,1H3. The van der Waals surface area contributed by atoms with Crippen LogP contribution in [-0.4, -0.2) is 73.6 Å². The molecule has 0 atom stereocenters. The average Bonchev–Trinajstić information content (AvgIpc) is 2.68. The molecule has 0 unspecified atom stereocenters. The third-order valence-electron chi connectivity index (χ3n) is 5.22. The first-order valence-electron chi connectivity index (χ1n) is 8.77. The van der Waals surface area contributed by atoms with Crippen molar-refractivity contribution in [1.82, 2.24) is 15.1 Å². The van der Waals surface area contributed by atoms with Crippen molar-refractivity contribution in [3.63, 3.8) is 0 Å². The molecular weight excluding hydrogens is 344 g/mol. The second-order valence-electron chi connectivity index (χ2n) is 6.63. The quantitative estimate of drug-likeness (QED) is 0.867. The third kappa shape index (κ3) is 3.43. The molecule has 1 N–H and O–H groups in total. The number of benzene rings is 1. The number of hydrogen-bond donors (Lipinski definition) is 1. The Labute approximate surface area is 151 Å². The minimum absolute atomic E-state index is 0.0781. The lowest BCUT2D eigenvalue weighted by atomic mass is 9.90. The molecule has 0 radical (unpaired) electrons. The van der Waals surface area contributed by atoms with Gasteiger partial charge in [0.15, 0.2) is 0 Å². The van der Waals surface area contributed by atoms with Crippen LogP contribution in [0, 0.1) is 11.6 Å². The first-order valence-corrected chi connectivity index (χ1v) is 8.77. The number of halogens is 2. The fraction of sp³-hybridized carbons (Fsp3) is 0.556. The summed E-state index contributed by atoms with van der Waals surface area (Å²) in [7, 11) is 1.55. The minimum atomic E-state index is -0.874. The number of nitrogens with zero attached hydrogens (tertiary/aromatic N) is 2. The van der Waals surface area contributed by atoms with Crippen LogP contribution in [0.5, 0.6) is 0 Å². The van der Waals surface area contributed by atoms with Gasteiger partial charge in [0.1, 0.15) is 22.8 Å². The lowest BCUT2D eigenvalue weighted by Crippen LogP contribution is -2.59. The van der Waals surface area contributed by atoms with E-state index >= 15 is 0 Å². The predicted molar refractivity (Wildman–Crippen MR) is 90.7 cm³/mol. The number of nitrogens with one attached hydrogen (secondary N) is 1. The summed E-state index contributed by atoms with van der Waals surface area (Å²) in [6, 6.07) is 3.35. The Bertz CT molecular complexity index is 664. The van der Waals surface area contributed by atoms with E-state index in [0.717, 1.165) is 12.1 Å². The van der Waals surface area contributed by atoms with Crippen molar-refractivity contribution in [2.45, 2.75) is 18.4 Å². The summed E-state index contributed by atoms with van der Waals surface area (Å²) in [5, 5.41) is 3.21. The van der Waals surface area contributed by atoms with E-state index in [1.165, 1.54) is 11.0 Å². The maximum Gasteiger partial charge on any atom is 0.259 e. The van der Waals surface area contributed by atoms with E-state index in [0.29, 0.717) is 39.0 Å². The summed E-state index contributed by atoms with van der Waals surface area (Å²) in [6.07, 6.45) is 1.20. The van der Waals surface area contributed by atoms with Crippen LogP contribution in [0.2, 0.25) is 0 Å². The highest BCUT2D eigenvalue weighted by atomic mass is 19.1. The van der Waals surface area contributed by atoms with Gasteiger partial charge in [-0.15, -0.1) is 0 Å². The molecule has 0 bridgehead atoms. The van der Waals surface area contributed by atoms with E-state index in [1.807, 2.05) is 0 Å². The monoisotopic (exact) mass is 367 g/mol. The number of methoxy groups -OCH3 is 1. The Morgan fingerprint density at radius 1 is 1.04 bits per heavy atom. The Balaban J connectivity index is 1.65. The fourth-order valence-corrected chi connectivity index (χ4v) is 3.60. The number of hydrogen-bond acceptors (Lipinski definition) is 4. The van der Waals surface area contributed by atoms with Gasteiger partial charge in [0.25, 0.3) is 11.8 Å². The van der Waals surface area contributed by atoms with Gasteiger partial charge in [-0.3, -0.25) is 9.59 Å². The van der Waals surface area contributed by atoms with Crippen molar-refractivity contribution in [1.29, 1.82) is 0 Å². The SMILES string of the molecule is COC1(C(=O)N2CCN(C(=O)c3c(F)cccc3F)CC2)CCNCC1. The first-order chi connectivity index (χ1) is 12.5. The van der Waals surface area contributed by atoms with Gasteiger partial charge in [-0.1, -0.05) is 6.07 Å². The molecule has 3 rings (SSSR count). The summed E-state index contributed by atoms with van der Waals surface area (Å²) >= 11 is 0. The van der Waals surface area contributed by atoms with Gasteiger partial charge in [0.05, 0.1) is 0 Å². The third-order valence-corrected chi connectivity index (χ3v) is 5.22. The second kappa shape index (κ2) is 7.67. The fourth-order valence-electron chi connectivity index (χ4n) is 3.60. The molecule has 142 valence electrons. The summed E-state index contributed by atoms with van der Waals surface area (Å²) in [5.41, 5.74) is -1.37. The Morgan fingerprint density at radius 2 is 1.58 bits per heavy atom. The van der Waals surface area contributed by atoms with Crippen molar-refractivity contribution in [3.05, 3.63) is 35.4 Å². The van der Waals surface area contributed by atoms with Crippen molar-refractivity contribution in [2.75, 3.05) is 46.4 Å². The molecule has 8 heteroatoms. The lowest BCUT2D eigenvalue weighted by molar-refractivity contribution is -0.159. The summed E-state index contributed by atoms with van der Waals surface area (Å²) in [6.45, 7) is 2.53. The van der Waals surface area contributed by atoms with Crippen LogP contribution < -0.4 is 5.32 Å². The van der Waals surface area contributed by atoms with Crippen LogP contribution in [0.4, 0.5) is 8.78 Å². The molecular formula is C18H23F2N3O3. The number of carbonyl (C=O) groups excluding carboxylic acids is 2. The lowest BCUT2D eigenvalue weighted by Gasteiger charge is -2.42. The van der Waals surface area contributed by atoms with Gasteiger partial charge in [0.2, 0.25) is 0 Å². The van der Waals surface area contributed by atoms with E-state index in [9.17, 15) is 18.4 Å². The maximum atomic E-state index is 13.8. The number of amides is 2. The Kier molecular flexibility index (Phi) is 5.52. The molecule has 0 aromatic heterocycles. The topological polar surface area (TPSA) is 61.9 Å². The van der Waals surface area contributed by atoms with E-state index in [-0.39, 0.29) is 19.0 Å². The maximum absolute atomic E-state index is 13.8. The predicted octanol–water partition coefficient (Wildman–Crippen LogP) is 1.02. The normalized spacial score (nSPS) is 20.1. The zero-order valence-corrected chi connectivity index (χ0v) is 14.8. The Morgan fingerprint density at radius 3 is 2.12 bits per heavy atom. The zero-order chi connectivity index (χ0) is 18.7. The molecule has 2 saturated heterocycles. The van der Waals surface area contributed by atoms with Crippen LogP contribution in [0.3, 0.4) is 0 Å². The van der Waals surface area contributed by atoms with Crippen LogP contribution in [0.25, 0.3) is 0 Å². The average molecular weight is 367 g/mol. The highest BCUT2D eigenvalue weighted by Gasteiger charge is 2.43. The molecule has 2 aliphatic rings. The van der Waals surface area contributed by atoms with E-state index < -0.39 is 28.7 Å². The number of piperazine rings is 1. The van der Waals surface area contributed by atoms with Gasteiger partial charge in [-0.05, 0) is 38.1 Å². The highest BCUT2D eigenvalue weighted by Crippen LogP contribution is 2.26. The molecule has 2 amide bonds. The van der Waals surface area contributed by atoms with Gasteiger partial charge in [-0.25, -0.2) is 8.78 Å². The summed E-state index contributed by atoms with van der Waals surface area (Å²) in [4.78, 5) is 28.4. The number of rotatable bonds is 3. The van der Waals surface area contributed by atoms with Crippen molar-refractivity contribution in [2.24, 2.45) is 0 Å². The van der Waals surface area contributed by atoms with Gasteiger partial charge in [-0.2, -0.15) is 0 Å². The largest absolute Gasteiger partial charge is 0.368 e. The molecule has 6 nitrogen and oxygen atoms in total. The molecule has 0 saturated carbocycles. The zero-order valence-electron chi connectivity index (χ0n) is 14.8. The molecule has 26 heavy (non-hydrogen) atoms. The summed E-state index contributed by atoms with van der Waals surface area (Å²) in [5.74, 6) is -2.51. The van der Waals surface area contributed by atoms with Crippen LogP contribution in [0.1, 0.15) is 23.2 Å². The first kappa shape index (κ1) is 18.7. The van der Waals surface area contributed by atoms with E-state index in [2.05, 4.69) is 5.32 Å². The molecule has 0 spiro atoms. The number of piperidine rings is 1. The molecule has 0 aliphatic carbocycles. The number of ether oxygens (including phenoxy) is 1. The van der Waals surface area contributed by atoms with Crippen LogP contribution >= 0.6 is 0 Å². The Hall–Kier alpha value is -2.06. The van der Waals surface area contributed by atoms with Crippen LogP contribution in [-0.2, 0) is 9.53 Å². The molecule has 2 aliphatic heterocycles. The van der Waals surface area contributed by atoms with E-state index in [4.69, 9.17) is 4.74 Å². The molecule has 2 heterocycles. The van der Waals surface area contributed by atoms with Crippen LogP contribution in [0.15, 0.2) is 18.2 Å². The second-order valence-corrected chi connectivity index (χ2v) is 6.63. The van der Waals surface area contributed by atoms with Crippen molar-refractivity contribution >= 4 is 11.8 Å². The summed E-state index contributed by atoms with van der Waals surface area (Å²) < 4.78 is 33.2. The van der Waals surface area contributed by atoms with Gasteiger partial charge >= 0.3 is 0 Å². The van der Waals surface area contributed by atoms with Crippen molar-refractivity contribution < 1.29 is 23.1 Å². The molecule has 1 aromatic carbocycles. The highest BCUT2D eigenvalue weighted by molar-refractivity contribution is 5.95. The van der Waals surface area contributed by atoms with Crippen molar-refractivity contribution in [3.8, 4) is 0 Å². The van der Waals surface area contributed by atoms with Gasteiger partial charge in [0, 0.05) is 33.3 Å².